The topological polar surface area (TPSA) is 98.3 Å². The molecular weight excluding hydrogens is 290 g/mol. The third-order valence-electron chi connectivity index (χ3n) is 3.01. The molecule has 6 nitrogen and oxygen atoms in total. The van der Waals surface area contributed by atoms with Crippen molar-refractivity contribution in [1.82, 2.24) is 9.97 Å². The van der Waals surface area contributed by atoms with E-state index < -0.39 is 5.97 Å². The maximum Gasteiger partial charge on any atom is 0.337 e. The molecule has 0 aliphatic heterocycles. The lowest BCUT2D eigenvalue weighted by atomic mass is 10.1. The molecule has 106 valence electrons. The van der Waals surface area contributed by atoms with Crippen molar-refractivity contribution in [2.75, 3.05) is 12.8 Å². The third-order valence-corrected chi connectivity index (χ3v) is 3.85. The highest BCUT2D eigenvalue weighted by atomic mass is 32.1. The van der Waals surface area contributed by atoms with Crippen LogP contribution in [0.4, 0.5) is 5.13 Å². The van der Waals surface area contributed by atoms with E-state index in [2.05, 4.69) is 9.97 Å². The Morgan fingerprint density at radius 3 is 2.90 bits per heavy atom. The fourth-order valence-corrected chi connectivity index (χ4v) is 2.82. The van der Waals surface area contributed by atoms with Gasteiger partial charge in [-0.3, -0.25) is 0 Å². The number of rotatable bonds is 3. The Morgan fingerprint density at radius 1 is 1.38 bits per heavy atom. The van der Waals surface area contributed by atoms with Crippen molar-refractivity contribution in [3.63, 3.8) is 0 Å². The average molecular weight is 301 g/mol. The molecule has 3 rings (SSSR count). The van der Waals surface area contributed by atoms with E-state index in [0.717, 1.165) is 15.8 Å². The molecule has 0 aliphatic carbocycles. The first-order chi connectivity index (χ1) is 10.1. The molecule has 2 aromatic heterocycles. The Morgan fingerprint density at radius 2 is 2.19 bits per heavy atom. The largest absolute Gasteiger partial charge is 0.481 e. The molecule has 3 aromatic rings. The number of aromatic carboxylic acids is 1. The zero-order chi connectivity index (χ0) is 15.0. The number of carboxylic acid groups (broad SMARTS) is 1. The van der Waals surface area contributed by atoms with Crippen molar-refractivity contribution in [2.45, 2.75) is 0 Å². The van der Waals surface area contributed by atoms with Gasteiger partial charge in [0.05, 0.1) is 22.9 Å². The Hall–Kier alpha value is -2.67. The zero-order valence-electron chi connectivity index (χ0n) is 11.0. The number of nitrogens with two attached hydrogens (primary N) is 1. The number of nitrogen functional groups attached to an aromatic ring is 1. The molecule has 3 N–H and O–H groups in total. The molecule has 0 amide bonds. The second kappa shape index (κ2) is 5.02. The van der Waals surface area contributed by atoms with Crippen LogP contribution in [0.25, 0.3) is 21.3 Å². The van der Waals surface area contributed by atoms with E-state index in [-0.39, 0.29) is 5.56 Å². The highest BCUT2D eigenvalue weighted by molar-refractivity contribution is 7.22. The maximum atomic E-state index is 11.1. The molecule has 0 atom stereocenters. The molecular formula is C14H11N3O3S. The van der Waals surface area contributed by atoms with Gasteiger partial charge in [0.15, 0.2) is 5.13 Å². The van der Waals surface area contributed by atoms with Crippen molar-refractivity contribution in [1.29, 1.82) is 0 Å². The quantitative estimate of drug-likeness (QED) is 0.771. The van der Waals surface area contributed by atoms with Gasteiger partial charge in [0.2, 0.25) is 5.88 Å². The lowest BCUT2D eigenvalue weighted by Crippen LogP contribution is -2.00. The summed E-state index contributed by atoms with van der Waals surface area (Å²) in [5.74, 6) is -0.661. The predicted octanol–water partition coefficient (Wildman–Crippen LogP) is 2.65. The van der Waals surface area contributed by atoms with Crippen LogP contribution < -0.4 is 10.5 Å². The minimum atomic E-state index is -1.03. The lowest BCUT2D eigenvalue weighted by Gasteiger charge is -2.08. The van der Waals surface area contributed by atoms with Crippen LogP contribution in [-0.4, -0.2) is 28.2 Å². The van der Waals surface area contributed by atoms with Crippen LogP contribution in [0.2, 0.25) is 0 Å². The Kier molecular flexibility index (Phi) is 3.19. The SMILES string of the molecule is COc1ncc(C(=O)O)cc1-c1ccc2nc(N)sc2c1. The molecule has 2 heterocycles. The van der Waals surface area contributed by atoms with Gasteiger partial charge in [-0.1, -0.05) is 17.4 Å². The van der Waals surface area contributed by atoms with Crippen molar-refractivity contribution < 1.29 is 14.6 Å². The van der Waals surface area contributed by atoms with Crippen molar-refractivity contribution in [3.05, 3.63) is 36.0 Å². The van der Waals surface area contributed by atoms with Gasteiger partial charge in [0, 0.05) is 11.8 Å². The molecule has 21 heavy (non-hydrogen) atoms. The van der Waals surface area contributed by atoms with Gasteiger partial charge in [-0.15, -0.1) is 0 Å². The van der Waals surface area contributed by atoms with Gasteiger partial charge in [0.25, 0.3) is 0 Å². The second-order valence-electron chi connectivity index (χ2n) is 4.32. The summed E-state index contributed by atoms with van der Waals surface area (Å²) in [6.45, 7) is 0. The molecule has 0 saturated heterocycles. The van der Waals surface area contributed by atoms with Crippen LogP contribution >= 0.6 is 11.3 Å². The summed E-state index contributed by atoms with van der Waals surface area (Å²) < 4.78 is 6.13. The highest BCUT2D eigenvalue weighted by Gasteiger charge is 2.13. The number of methoxy groups -OCH3 is 1. The average Bonchev–Trinajstić information content (AvgIpc) is 2.85. The number of aromatic nitrogens is 2. The summed E-state index contributed by atoms with van der Waals surface area (Å²) in [5, 5.41) is 9.58. The molecule has 0 radical (unpaired) electrons. The Balaban J connectivity index is 2.19. The first-order valence-electron chi connectivity index (χ1n) is 6.02. The smallest absolute Gasteiger partial charge is 0.337 e. The van der Waals surface area contributed by atoms with E-state index in [1.807, 2.05) is 18.2 Å². The summed E-state index contributed by atoms with van der Waals surface area (Å²) in [5.41, 5.74) is 8.03. The number of benzene rings is 1. The van der Waals surface area contributed by atoms with Crippen LogP contribution in [0.3, 0.4) is 0 Å². The third kappa shape index (κ3) is 2.38. The Labute approximate surface area is 123 Å². The first-order valence-corrected chi connectivity index (χ1v) is 6.84. The standard InChI is InChI=1S/C14H11N3O3S/c1-20-12-9(4-8(6-16-12)13(18)19)7-2-3-10-11(5-7)21-14(15)17-10/h2-6H,1H3,(H2,15,17)(H,18,19). The van der Waals surface area contributed by atoms with Gasteiger partial charge >= 0.3 is 5.97 Å². The summed E-state index contributed by atoms with van der Waals surface area (Å²) >= 11 is 1.37. The van der Waals surface area contributed by atoms with Crippen LogP contribution in [-0.2, 0) is 0 Å². The number of nitrogens with zero attached hydrogens (tertiary/aromatic N) is 2. The van der Waals surface area contributed by atoms with E-state index in [9.17, 15) is 4.79 Å². The number of pyridine rings is 1. The number of anilines is 1. The normalized spacial score (nSPS) is 10.7. The highest BCUT2D eigenvalue weighted by Crippen LogP contribution is 2.33. The van der Waals surface area contributed by atoms with Gasteiger partial charge in [-0.05, 0) is 23.8 Å². The van der Waals surface area contributed by atoms with Gasteiger partial charge < -0.3 is 15.6 Å². The minimum Gasteiger partial charge on any atom is -0.481 e. The summed E-state index contributed by atoms with van der Waals surface area (Å²) in [6, 6.07) is 7.12. The monoisotopic (exact) mass is 301 g/mol. The predicted molar refractivity (Wildman–Crippen MR) is 80.8 cm³/mol. The summed E-state index contributed by atoms with van der Waals surface area (Å²) in [6.07, 6.45) is 1.27. The second-order valence-corrected chi connectivity index (χ2v) is 5.38. The number of thiazole rings is 1. The van der Waals surface area contributed by atoms with E-state index >= 15 is 0 Å². The molecule has 0 spiro atoms. The number of ether oxygens (including phenoxy) is 1. The van der Waals surface area contributed by atoms with Gasteiger partial charge in [0.1, 0.15) is 0 Å². The van der Waals surface area contributed by atoms with Crippen LogP contribution in [0.1, 0.15) is 10.4 Å². The van der Waals surface area contributed by atoms with Crippen molar-refractivity contribution in [2.24, 2.45) is 0 Å². The van der Waals surface area contributed by atoms with Gasteiger partial charge in [-0.2, -0.15) is 0 Å². The van der Waals surface area contributed by atoms with E-state index in [1.165, 1.54) is 24.6 Å². The fraction of sp³-hybridized carbons (Fsp3) is 0.0714. The van der Waals surface area contributed by atoms with Crippen LogP contribution in [0.15, 0.2) is 30.5 Å². The number of carboxylic acids is 1. The zero-order valence-corrected chi connectivity index (χ0v) is 11.8. The van der Waals surface area contributed by atoms with E-state index in [1.54, 1.807) is 6.07 Å². The molecule has 0 fully saturated rings. The lowest BCUT2D eigenvalue weighted by molar-refractivity contribution is 0.0696. The summed E-state index contributed by atoms with van der Waals surface area (Å²) in [7, 11) is 1.50. The number of hydrogen-bond donors (Lipinski definition) is 2. The molecule has 0 bridgehead atoms. The number of hydrogen-bond acceptors (Lipinski definition) is 6. The number of carbonyl (C=O) groups is 1. The fourth-order valence-electron chi connectivity index (χ4n) is 2.05. The number of fused-ring (bicyclic) bond motifs is 1. The molecule has 0 saturated carbocycles. The van der Waals surface area contributed by atoms with Crippen LogP contribution in [0.5, 0.6) is 5.88 Å². The van der Waals surface area contributed by atoms with Crippen LogP contribution in [0, 0.1) is 0 Å². The van der Waals surface area contributed by atoms with E-state index in [0.29, 0.717) is 16.6 Å². The minimum absolute atomic E-state index is 0.106. The molecule has 0 unspecified atom stereocenters. The van der Waals surface area contributed by atoms with E-state index in [4.69, 9.17) is 15.6 Å². The van der Waals surface area contributed by atoms with Crippen molar-refractivity contribution in [3.8, 4) is 17.0 Å². The molecule has 0 aliphatic rings. The van der Waals surface area contributed by atoms with Gasteiger partial charge in [-0.25, -0.2) is 14.8 Å². The first kappa shape index (κ1) is 13.3. The molecule has 7 heteroatoms. The van der Waals surface area contributed by atoms with Crippen molar-refractivity contribution >= 4 is 32.7 Å². The Bertz CT molecular complexity index is 845. The summed E-state index contributed by atoms with van der Waals surface area (Å²) in [4.78, 5) is 19.3. The molecule has 1 aromatic carbocycles. The maximum absolute atomic E-state index is 11.1.